The number of carbonyl (C=O) groups excluding carboxylic acids is 1. The summed E-state index contributed by atoms with van der Waals surface area (Å²) < 4.78 is 5.46. The van der Waals surface area contributed by atoms with Crippen molar-refractivity contribution >= 4 is 23.6 Å². The molecule has 2 N–H and O–H groups in total. The molecule has 1 fully saturated rings. The third-order valence-corrected chi connectivity index (χ3v) is 5.04. The van der Waals surface area contributed by atoms with Crippen molar-refractivity contribution < 1.29 is 19.4 Å². The zero-order valence-corrected chi connectivity index (χ0v) is 14.3. The highest BCUT2D eigenvalue weighted by Gasteiger charge is 2.41. The van der Waals surface area contributed by atoms with Gasteiger partial charge in [0.15, 0.2) is 6.61 Å². The lowest BCUT2D eigenvalue weighted by Gasteiger charge is -2.33. The number of thioether (sulfide) groups is 1. The summed E-state index contributed by atoms with van der Waals surface area (Å²) in [7, 11) is 0. The molecule has 1 saturated heterocycles. The normalized spacial score (nSPS) is 16.8. The summed E-state index contributed by atoms with van der Waals surface area (Å²) >= 11 is 1.71. The summed E-state index contributed by atoms with van der Waals surface area (Å²) in [5.74, 6) is 1.16. The Kier molecular flexibility index (Phi) is 5.93. The Hall–Kier alpha value is -1.69. The van der Waals surface area contributed by atoms with E-state index in [1.54, 1.807) is 11.8 Å². The van der Waals surface area contributed by atoms with Gasteiger partial charge in [-0.2, -0.15) is 11.8 Å². The molecule has 0 spiro atoms. The molecule has 0 aliphatic carbocycles. The molecule has 1 aromatic carbocycles. The van der Waals surface area contributed by atoms with Crippen molar-refractivity contribution in [2.75, 3.05) is 18.1 Å². The van der Waals surface area contributed by atoms with Crippen molar-refractivity contribution in [3.63, 3.8) is 0 Å². The number of hydrogen-bond donors (Lipinski definition) is 2. The Morgan fingerprint density at radius 3 is 2.39 bits per heavy atom. The molecule has 1 amide bonds. The topological polar surface area (TPSA) is 75.6 Å². The van der Waals surface area contributed by atoms with Crippen molar-refractivity contribution in [3.05, 3.63) is 29.8 Å². The van der Waals surface area contributed by atoms with Gasteiger partial charge in [0.2, 0.25) is 0 Å². The van der Waals surface area contributed by atoms with Crippen LogP contribution in [0, 0.1) is 0 Å². The molecule has 5 nitrogen and oxygen atoms in total. The summed E-state index contributed by atoms with van der Waals surface area (Å²) in [6, 6.07) is 7.59. The van der Waals surface area contributed by atoms with E-state index in [1.165, 1.54) is 5.56 Å². The predicted molar refractivity (Wildman–Crippen MR) is 91.1 cm³/mol. The van der Waals surface area contributed by atoms with Gasteiger partial charge in [-0.05, 0) is 48.0 Å². The lowest BCUT2D eigenvalue weighted by molar-refractivity contribution is -0.148. The fraction of sp³-hybridized carbons (Fsp3) is 0.529. The molecular formula is C17H23NO4S. The van der Waals surface area contributed by atoms with E-state index < -0.39 is 17.4 Å². The third kappa shape index (κ3) is 4.64. The molecular weight excluding hydrogens is 314 g/mol. The second kappa shape index (κ2) is 7.73. The average molecular weight is 337 g/mol. The van der Waals surface area contributed by atoms with Crippen LogP contribution in [0.15, 0.2) is 24.3 Å². The molecule has 126 valence electrons. The Bertz CT molecular complexity index is 550. The fourth-order valence-corrected chi connectivity index (χ4v) is 3.70. The van der Waals surface area contributed by atoms with Gasteiger partial charge in [-0.25, -0.2) is 4.79 Å². The highest BCUT2D eigenvalue weighted by molar-refractivity contribution is 7.99. The Morgan fingerprint density at radius 2 is 1.87 bits per heavy atom. The SMILES string of the molecule is CC(C)c1ccc(OCC(=O)NC2(C(=O)O)CCSCC2)cc1. The monoisotopic (exact) mass is 337 g/mol. The molecule has 1 aliphatic heterocycles. The fourth-order valence-electron chi connectivity index (χ4n) is 2.51. The highest BCUT2D eigenvalue weighted by Crippen LogP contribution is 2.27. The summed E-state index contributed by atoms with van der Waals surface area (Å²) in [5, 5.41) is 12.1. The average Bonchev–Trinajstić information content (AvgIpc) is 2.54. The largest absolute Gasteiger partial charge is 0.484 e. The number of carbonyl (C=O) groups is 2. The zero-order chi connectivity index (χ0) is 16.9. The molecule has 0 saturated carbocycles. The van der Waals surface area contributed by atoms with Crippen molar-refractivity contribution in [1.82, 2.24) is 5.32 Å². The first-order valence-corrected chi connectivity index (χ1v) is 8.93. The number of ether oxygens (including phenoxy) is 1. The van der Waals surface area contributed by atoms with E-state index in [0.717, 1.165) is 11.5 Å². The van der Waals surface area contributed by atoms with Gasteiger partial charge in [0.05, 0.1) is 0 Å². The maximum absolute atomic E-state index is 12.1. The van der Waals surface area contributed by atoms with Crippen molar-refractivity contribution in [1.29, 1.82) is 0 Å². The molecule has 0 radical (unpaired) electrons. The molecule has 2 rings (SSSR count). The summed E-state index contributed by atoms with van der Waals surface area (Å²) in [6.07, 6.45) is 0.893. The first kappa shape index (κ1) is 17.7. The number of aliphatic carboxylic acids is 1. The second-order valence-corrected chi connectivity index (χ2v) is 7.28. The van der Waals surface area contributed by atoms with Crippen LogP contribution in [0.5, 0.6) is 5.75 Å². The van der Waals surface area contributed by atoms with Crippen LogP contribution in [0.2, 0.25) is 0 Å². The summed E-state index contributed by atoms with van der Waals surface area (Å²) in [6.45, 7) is 4.04. The quantitative estimate of drug-likeness (QED) is 0.835. The van der Waals surface area contributed by atoms with Gasteiger partial charge in [0.1, 0.15) is 11.3 Å². The minimum absolute atomic E-state index is 0.177. The molecule has 1 aromatic rings. The smallest absolute Gasteiger partial charge is 0.329 e. The van der Waals surface area contributed by atoms with Crippen LogP contribution in [0.4, 0.5) is 0 Å². The van der Waals surface area contributed by atoms with Gasteiger partial charge < -0.3 is 15.2 Å². The molecule has 1 heterocycles. The molecule has 6 heteroatoms. The predicted octanol–water partition coefficient (Wildman–Crippen LogP) is 2.66. The van der Waals surface area contributed by atoms with Gasteiger partial charge in [-0.15, -0.1) is 0 Å². The number of carboxylic acids is 1. The molecule has 0 aromatic heterocycles. The number of amides is 1. The van der Waals surface area contributed by atoms with Crippen LogP contribution in [-0.4, -0.2) is 40.6 Å². The van der Waals surface area contributed by atoms with Gasteiger partial charge in [-0.1, -0.05) is 26.0 Å². The van der Waals surface area contributed by atoms with Crippen LogP contribution >= 0.6 is 11.8 Å². The first-order valence-electron chi connectivity index (χ1n) is 7.78. The van der Waals surface area contributed by atoms with Crippen LogP contribution in [-0.2, 0) is 9.59 Å². The van der Waals surface area contributed by atoms with Gasteiger partial charge in [-0.3, -0.25) is 4.79 Å². The Morgan fingerprint density at radius 1 is 1.26 bits per heavy atom. The van der Waals surface area contributed by atoms with E-state index in [1.807, 2.05) is 24.3 Å². The molecule has 0 atom stereocenters. The number of nitrogens with one attached hydrogen (secondary N) is 1. The van der Waals surface area contributed by atoms with Gasteiger partial charge in [0.25, 0.3) is 5.91 Å². The van der Waals surface area contributed by atoms with Crippen molar-refractivity contribution in [3.8, 4) is 5.75 Å². The van der Waals surface area contributed by atoms with Gasteiger partial charge >= 0.3 is 5.97 Å². The second-order valence-electron chi connectivity index (χ2n) is 6.06. The number of rotatable bonds is 6. The van der Waals surface area contributed by atoms with Gasteiger partial charge in [0, 0.05) is 0 Å². The maximum atomic E-state index is 12.1. The standard InChI is InChI=1S/C17H23NO4S/c1-12(2)13-3-5-14(6-4-13)22-11-15(19)18-17(16(20)21)7-9-23-10-8-17/h3-6,12H,7-11H2,1-2H3,(H,18,19)(H,20,21). The zero-order valence-electron chi connectivity index (χ0n) is 13.5. The van der Waals surface area contributed by atoms with Crippen LogP contribution in [0.1, 0.15) is 38.2 Å². The summed E-state index contributed by atoms with van der Waals surface area (Å²) in [5.41, 5.74) is 0.0547. The van der Waals surface area contributed by atoms with Crippen molar-refractivity contribution in [2.45, 2.75) is 38.1 Å². The van der Waals surface area contributed by atoms with E-state index in [4.69, 9.17) is 4.74 Å². The van der Waals surface area contributed by atoms with Crippen molar-refractivity contribution in [2.24, 2.45) is 0 Å². The van der Waals surface area contributed by atoms with Crippen LogP contribution in [0.25, 0.3) is 0 Å². The summed E-state index contributed by atoms with van der Waals surface area (Å²) in [4.78, 5) is 23.6. The number of benzene rings is 1. The molecule has 0 unspecified atom stereocenters. The maximum Gasteiger partial charge on any atom is 0.329 e. The van der Waals surface area contributed by atoms with E-state index in [0.29, 0.717) is 24.5 Å². The Labute approximate surface area is 140 Å². The molecule has 23 heavy (non-hydrogen) atoms. The lowest BCUT2D eigenvalue weighted by Crippen LogP contribution is -2.57. The van der Waals surface area contributed by atoms with Crippen LogP contribution in [0.3, 0.4) is 0 Å². The van der Waals surface area contributed by atoms with E-state index >= 15 is 0 Å². The highest BCUT2D eigenvalue weighted by atomic mass is 32.2. The minimum atomic E-state index is -1.15. The van der Waals surface area contributed by atoms with E-state index in [2.05, 4.69) is 19.2 Å². The van der Waals surface area contributed by atoms with E-state index in [-0.39, 0.29) is 6.61 Å². The van der Waals surface area contributed by atoms with Crippen LogP contribution < -0.4 is 10.1 Å². The third-order valence-electron chi connectivity index (χ3n) is 4.05. The van der Waals surface area contributed by atoms with E-state index in [9.17, 15) is 14.7 Å². The number of carboxylic acid groups (broad SMARTS) is 1. The first-order chi connectivity index (χ1) is 10.9. The minimum Gasteiger partial charge on any atom is -0.484 e. The number of hydrogen-bond acceptors (Lipinski definition) is 4. The molecule has 0 bridgehead atoms. The molecule has 1 aliphatic rings. The lowest BCUT2D eigenvalue weighted by atomic mass is 9.92. The Balaban J connectivity index is 1.90.